The Kier molecular flexibility index (Phi) is 3.70. The summed E-state index contributed by atoms with van der Waals surface area (Å²) in [4.78, 5) is 13.5. The Morgan fingerprint density at radius 3 is 2.29 bits per heavy atom. The van der Waals surface area contributed by atoms with Gasteiger partial charge in [0.2, 0.25) is 0 Å². The van der Waals surface area contributed by atoms with Gasteiger partial charge in [-0.15, -0.1) is 0 Å². The fourth-order valence-corrected chi connectivity index (χ4v) is 1.65. The van der Waals surface area contributed by atoms with Gasteiger partial charge in [-0.2, -0.15) is 13.2 Å². The summed E-state index contributed by atoms with van der Waals surface area (Å²) in [5.74, 6) is -1.78. The quantitative estimate of drug-likeness (QED) is 0.670. The Morgan fingerprint density at radius 2 is 1.94 bits per heavy atom. The first-order valence-corrected chi connectivity index (χ1v) is 4.73. The van der Waals surface area contributed by atoms with Gasteiger partial charge in [0.25, 0.3) is 6.43 Å². The minimum atomic E-state index is -4.93. The highest BCUT2D eigenvalue weighted by atomic mass is 79.9. The molecular formula is C8H3BrF5NO2. The molecule has 94 valence electrons. The van der Waals surface area contributed by atoms with E-state index < -0.39 is 40.0 Å². The number of rotatable bonds is 2. The van der Waals surface area contributed by atoms with Crippen LogP contribution in [-0.2, 0) is 6.18 Å². The van der Waals surface area contributed by atoms with E-state index in [4.69, 9.17) is 5.11 Å². The van der Waals surface area contributed by atoms with Crippen molar-refractivity contribution in [3.8, 4) is 0 Å². The molecule has 0 saturated heterocycles. The number of aromatic nitrogens is 1. The molecule has 0 saturated carbocycles. The van der Waals surface area contributed by atoms with E-state index in [9.17, 15) is 26.7 Å². The molecule has 0 atom stereocenters. The number of nitrogens with zero attached hydrogens (tertiary/aromatic N) is 1. The van der Waals surface area contributed by atoms with E-state index in [1.54, 1.807) is 0 Å². The molecule has 0 aliphatic heterocycles. The van der Waals surface area contributed by atoms with Crippen LogP contribution in [0.25, 0.3) is 0 Å². The second-order valence-electron chi connectivity index (χ2n) is 2.87. The average molecular weight is 320 g/mol. The number of pyridine rings is 1. The summed E-state index contributed by atoms with van der Waals surface area (Å²) < 4.78 is 60.9. The predicted molar refractivity (Wildman–Crippen MR) is 48.9 cm³/mol. The van der Waals surface area contributed by atoms with Crippen molar-refractivity contribution in [2.45, 2.75) is 12.6 Å². The Bertz CT molecular complexity index is 460. The molecule has 0 aliphatic rings. The zero-order valence-corrected chi connectivity index (χ0v) is 9.31. The van der Waals surface area contributed by atoms with E-state index in [1.807, 2.05) is 0 Å². The average Bonchev–Trinajstić information content (AvgIpc) is 2.13. The van der Waals surface area contributed by atoms with Crippen LogP contribution in [0.15, 0.2) is 10.7 Å². The van der Waals surface area contributed by atoms with E-state index in [1.165, 1.54) is 0 Å². The van der Waals surface area contributed by atoms with Gasteiger partial charge in [0, 0.05) is 5.56 Å². The number of hydrogen-bond donors (Lipinski definition) is 1. The van der Waals surface area contributed by atoms with Crippen molar-refractivity contribution in [3.05, 3.63) is 27.5 Å². The Morgan fingerprint density at radius 1 is 1.41 bits per heavy atom. The van der Waals surface area contributed by atoms with Crippen molar-refractivity contribution in [2.75, 3.05) is 0 Å². The van der Waals surface area contributed by atoms with Gasteiger partial charge in [-0.05, 0) is 22.0 Å². The molecule has 0 spiro atoms. The summed E-state index contributed by atoms with van der Waals surface area (Å²) in [6.07, 6.45) is -8.27. The smallest absolute Gasteiger partial charge is 0.433 e. The van der Waals surface area contributed by atoms with E-state index >= 15 is 0 Å². The highest BCUT2D eigenvalue weighted by Crippen LogP contribution is 2.34. The van der Waals surface area contributed by atoms with Crippen molar-refractivity contribution < 1.29 is 31.9 Å². The molecule has 1 aromatic rings. The standard InChI is InChI=1S/C8H3BrF5NO2/c9-5-4(7(16)17)2(6(10)11)1-3(15-5)8(12,13)14/h1,6H,(H,16,17). The molecule has 0 radical (unpaired) electrons. The van der Waals surface area contributed by atoms with Gasteiger partial charge in [-0.3, -0.25) is 0 Å². The first-order valence-electron chi connectivity index (χ1n) is 3.93. The minimum absolute atomic E-state index is 0.0267. The Hall–Kier alpha value is -1.25. The number of carbonyl (C=O) groups is 1. The molecule has 1 heterocycles. The summed E-state index contributed by atoms with van der Waals surface area (Å²) in [7, 11) is 0. The van der Waals surface area contributed by atoms with Gasteiger partial charge >= 0.3 is 12.1 Å². The summed E-state index contributed by atoms with van der Waals surface area (Å²) in [6, 6.07) is 0.0267. The molecule has 3 nitrogen and oxygen atoms in total. The third kappa shape index (κ3) is 2.90. The van der Waals surface area contributed by atoms with Crippen LogP contribution in [0.3, 0.4) is 0 Å². The third-order valence-electron chi connectivity index (χ3n) is 1.75. The van der Waals surface area contributed by atoms with Crippen LogP contribution in [-0.4, -0.2) is 16.1 Å². The summed E-state index contributed by atoms with van der Waals surface area (Å²) in [5, 5.41) is 8.60. The number of carboxylic acids is 1. The lowest BCUT2D eigenvalue weighted by atomic mass is 10.1. The number of carboxylic acid groups (broad SMARTS) is 1. The van der Waals surface area contributed by atoms with Gasteiger partial charge in [-0.1, -0.05) is 0 Å². The van der Waals surface area contributed by atoms with Crippen molar-refractivity contribution in [1.82, 2.24) is 4.98 Å². The van der Waals surface area contributed by atoms with Gasteiger partial charge in [-0.25, -0.2) is 18.6 Å². The minimum Gasteiger partial charge on any atom is -0.478 e. The molecule has 0 amide bonds. The van der Waals surface area contributed by atoms with Gasteiger partial charge in [0.1, 0.15) is 15.9 Å². The van der Waals surface area contributed by atoms with Crippen molar-refractivity contribution in [2.24, 2.45) is 0 Å². The molecule has 0 unspecified atom stereocenters. The van der Waals surface area contributed by atoms with Crippen molar-refractivity contribution >= 4 is 21.9 Å². The monoisotopic (exact) mass is 319 g/mol. The second-order valence-corrected chi connectivity index (χ2v) is 3.62. The van der Waals surface area contributed by atoms with Gasteiger partial charge in [0.05, 0.1) is 0 Å². The number of alkyl halides is 5. The first kappa shape index (κ1) is 13.8. The molecule has 17 heavy (non-hydrogen) atoms. The molecule has 1 aromatic heterocycles. The zero-order chi connectivity index (χ0) is 13.4. The van der Waals surface area contributed by atoms with Crippen molar-refractivity contribution in [3.63, 3.8) is 0 Å². The lowest BCUT2D eigenvalue weighted by molar-refractivity contribution is -0.141. The molecular weight excluding hydrogens is 317 g/mol. The van der Waals surface area contributed by atoms with Crippen LogP contribution < -0.4 is 0 Å². The molecule has 0 bridgehead atoms. The molecule has 0 aliphatic carbocycles. The van der Waals surface area contributed by atoms with Crippen LogP contribution >= 0.6 is 15.9 Å². The van der Waals surface area contributed by atoms with Crippen LogP contribution in [0.5, 0.6) is 0 Å². The lowest BCUT2D eigenvalue weighted by Gasteiger charge is -2.11. The maximum Gasteiger partial charge on any atom is 0.433 e. The molecule has 0 fully saturated rings. The van der Waals surface area contributed by atoms with E-state index in [0.29, 0.717) is 0 Å². The summed E-state index contributed by atoms with van der Waals surface area (Å²) in [6.45, 7) is 0. The number of hydrogen-bond acceptors (Lipinski definition) is 2. The summed E-state index contributed by atoms with van der Waals surface area (Å²) >= 11 is 2.43. The van der Waals surface area contributed by atoms with E-state index in [0.717, 1.165) is 0 Å². The zero-order valence-electron chi connectivity index (χ0n) is 7.73. The number of halogens is 6. The summed E-state index contributed by atoms with van der Waals surface area (Å²) in [5.41, 5.74) is -3.79. The normalized spacial score (nSPS) is 11.9. The van der Waals surface area contributed by atoms with E-state index in [2.05, 4.69) is 20.9 Å². The molecule has 1 rings (SSSR count). The largest absolute Gasteiger partial charge is 0.478 e. The van der Waals surface area contributed by atoms with Crippen molar-refractivity contribution in [1.29, 1.82) is 0 Å². The SMILES string of the molecule is O=C(O)c1c(C(F)F)cc(C(F)(F)F)nc1Br. The van der Waals surface area contributed by atoms with E-state index in [-0.39, 0.29) is 6.07 Å². The van der Waals surface area contributed by atoms with Gasteiger partial charge in [0.15, 0.2) is 0 Å². The lowest BCUT2D eigenvalue weighted by Crippen LogP contribution is -2.13. The molecule has 9 heteroatoms. The van der Waals surface area contributed by atoms with Crippen LogP contribution in [0.1, 0.15) is 28.0 Å². The highest BCUT2D eigenvalue weighted by Gasteiger charge is 2.36. The van der Waals surface area contributed by atoms with Crippen LogP contribution in [0.4, 0.5) is 22.0 Å². The van der Waals surface area contributed by atoms with Crippen LogP contribution in [0, 0.1) is 0 Å². The fraction of sp³-hybridized carbons (Fsp3) is 0.250. The molecule has 0 aromatic carbocycles. The molecule has 1 N–H and O–H groups in total. The maximum atomic E-state index is 12.5. The third-order valence-corrected chi connectivity index (χ3v) is 2.32. The highest BCUT2D eigenvalue weighted by molar-refractivity contribution is 9.10. The van der Waals surface area contributed by atoms with Crippen LogP contribution in [0.2, 0.25) is 0 Å². The first-order chi connectivity index (χ1) is 7.64. The maximum absolute atomic E-state index is 12.5. The number of aromatic carboxylic acids is 1. The topological polar surface area (TPSA) is 50.2 Å². The van der Waals surface area contributed by atoms with Gasteiger partial charge < -0.3 is 5.11 Å². The Balaban J connectivity index is 3.52. The Labute approximate surface area is 99.4 Å². The fourth-order valence-electron chi connectivity index (χ4n) is 1.06. The predicted octanol–water partition coefficient (Wildman–Crippen LogP) is 3.50. The second kappa shape index (κ2) is 4.55.